The normalized spacial score (nSPS) is 11.5. The number of hydrogen-bond donors (Lipinski definition) is 2. The van der Waals surface area contributed by atoms with Crippen molar-refractivity contribution in [2.24, 2.45) is 0 Å². The van der Waals surface area contributed by atoms with Crippen molar-refractivity contribution >= 4 is 23.3 Å². The highest BCUT2D eigenvalue weighted by atomic mass is 19.4. The number of carbonyl (C=O) groups is 1. The van der Waals surface area contributed by atoms with Crippen LogP contribution in [0.3, 0.4) is 0 Å². The van der Waals surface area contributed by atoms with Crippen LogP contribution in [0.25, 0.3) is 5.78 Å². The molecule has 0 aliphatic rings. The molecule has 0 radical (unpaired) electrons. The van der Waals surface area contributed by atoms with Crippen molar-refractivity contribution in [1.29, 1.82) is 0 Å². The SMILES string of the molecule is Cc1cc(NCC(=O)Nc2ccccn2)n2nc(C(F)(F)F)nc2n1. The van der Waals surface area contributed by atoms with E-state index >= 15 is 0 Å². The van der Waals surface area contributed by atoms with Gasteiger partial charge in [-0.15, -0.1) is 5.10 Å². The van der Waals surface area contributed by atoms with E-state index in [2.05, 4.69) is 30.7 Å². The highest BCUT2D eigenvalue weighted by molar-refractivity contribution is 5.92. The summed E-state index contributed by atoms with van der Waals surface area (Å²) in [5, 5.41) is 8.68. The third kappa shape index (κ3) is 3.82. The number of amides is 1. The van der Waals surface area contributed by atoms with Crippen LogP contribution in [-0.4, -0.2) is 37.0 Å². The Kier molecular flexibility index (Phi) is 4.21. The number of hydrogen-bond acceptors (Lipinski definition) is 6. The highest BCUT2D eigenvalue weighted by Gasteiger charge is 2.36. The molecular weight excluding hydrogens is 339 g/mol. The van der Waals surface area contributed by atoms with Crippen LogP contribution in [0, 0.1) is 6.92 Å². The quantitative estimate of drug-likeness (QED) is 0.745. The van der Waals surface area contributed by atoms with Gasteiger partial charge in [-0.1, -0.05) is 6.07 Å². The summed E-state index contributed by atoms with van der Waals surface area (Å²) in [6.45, 7) is 1.40. The summed E-state index contributed by atoms with van der Waals surface area (Å²) in [7, 11) is 0. The maximum absolute atomic E-state index is 12.8. The fraction of sp³-hybridized carbons (Fsp3) is 0.214. The number of nitrogens with zero attached hydrogens (tertiary/aromatic N) is 5. The van der Waals surface area contributed by atoms with Crippen molar-refractivity contribution < 1.29 is 18.0 Å². The molecule has 0 atom stereocenters. The standard InChI is InChI=1S/C14H12F3N7O/c1-8-6-10(19-7-11(25)21-9-4-2-3-5-18-9)24-13(20-8)22-12(23-24)14(15,16)17/h2-6,19H,7H2,1H3,(H,18,21,25). The molecule has 25 heavy (non-hydrogen) atoms. The van der Waals surface area contributed by atoms with Crippen molar-refractivity contribution in [2.45, 2.75) is 13.1 Å². The third-order valence-corrected chi connectivity index (χ3v) is 3.06. The lowest BCUT2D eigenvalue weighted by Crippen LogP contribution is -2.23. The van der Waals surface area contributed by atoms with Gasteiger partial charge in [0.15, 0.2) is 0 Å². The molecule has 0 unspecified atom stereocenters. The minimum absolute atomic E-state index is 0.168. The van der Waals surface area contributed by atoms with Crippen LogP contribution in [0.15, 0.2) is 30.5 Å². The largest absolute Gasteiger partial charge is 0.453 e. The number of anilines is 2. The van der Waals surface area contributed by atoms with Crippen LogP contribution < -0.4 is 10.6 Å². The van der Waals surface area contributed by atoms with Gasteiger partial charge in [-0.05, 0) is 19.1 Å². The summed E-state index contributed by atoms with van der Waals surface area (Å²) in [5.74, 6) is -1.39. The average molecular weight is 351 g/mol. The molecule has 0 saturated heterocycles. The maximum atomic E-state index is 12.8. The lowest BCUT2D eigenvalue weighted by Gasteiger charge is -2.09. The smallest absolute Gasteiger partial charge is 0.361 e. The third-order valence-electron chi connectivity index (χ3n) is 3.06. The van der Waals surface area contributed by atoms with Gasteiger partial charge in [-0.25, -0.2) is 9.97 Å². The van der Waals surface area contributed by atoms with Gasteiger partial charge in [0.25, 0.3) is 11.6 Å². The van der Waals surface area contributed by atoms with Crippen LogP contribution >= 0.6 is 0 Å². The first-order chi connectivity index (χ1) is 11.8. The van der Waals surface area contributed by atoms with Crippen molar-refractivity contribution in [3.05, 3.63) is 42.0 Å². The zero-order valence-electron chi connectivity index (χ0n) is 12.9. The van der Waals surface area contributed by atoms with E-state index < -0.39 is 17.9 Å². The van der Waals surface area contributed by atoms with Crippen molar-refractivity contribution in [1.82, 2.24) is 24.6 Å². The second-order valence-corrected chi connectivity index (χ2v) is 5.04. The molecule has 2 N–H and O–H groups in total. The molecule has 8 nitrogen and oxygen atoms in total. The van der Waals surface area contributed by atoms with Gasteiger partial charge in [-0.2, -0.15) is 22.7 Å². The van der Waals surface area contributed by atoms with Crippen molar-refractivity contribution in [3.8, 4) is 0 Å². The summed E-state index contributed by atoms with van der Waals surface area (Å²) >= 11 is 0. The van der Waals surface area contributed by atoms with Gasteiger partial charge in [0.2, 0.25) is 5.91 Å². The van der Waals surface area contributed by atoms with E-state index in [1.165, 1.54) is 12.3 Å². The molecule has 1 amide bonds. The monoisotopic (exact) mass is 351 g/mol. The summed E-state index contributed by atoms with van der Waals surface area (Å²) in [4.78, 5) is 23.1. The molecule has 0 aliphatic carbocycles. The molecule has 0 fully saturated rings. The topological polar surface area (TPSA) is 97.1 Å². The lowest BCUT2D eigenvalue weighted by atomic mass is 10.4. The molecule has 3 aromatic heterocycles. The molecule has 0 bridgehead atoms. The predicted molar refractivity (Wildman–Crippen MR) is 81.9 cm³/mol. The van der Waals surface area contributed by atoms with Gasteiger partial charge in [0, 0.05) is 18.0 Å². The number of alkyl halides is 3. The second kappa shape index (κ2) is 6.34. The Labute approximate surface area is 139 Å². The van der Waals surface area contributed by atoms with Crippen LogP contribution in [0.1, 0.15) is 11.5 Å². The zero-order chi connectivity index (χ0) is 18.0. The first-order valence-corrected chi connectivity index (χ1v) is 7.09. The Morgan fingerprint density at radius 3 is 2.76 bits per heavy atom. The van der Waals surface area contributed by atoms with E-state index in [1.54, 1.807) is 25.1 Å². The number of halogens is 3. The van der Waals surface area contributed by atoms with Crippen LogP contribution in [0.4, 0.5) is 24.8 Å². The number of nitrogens with one attached hydrogen (secondary N) is 2. The summed E-state index contributed by atoms with van der Waals surface area (Å²) in [6.07, 6.45) is -3.16. The van der Waals surface area contributed by atoms with E-state index in [0.717, 1.165) is 4.52 Å². The number of pyridine rings is 1. The minimum atomic E-state index is -4.69. The fourth-order valence-corrected chi connectivity index (χ4v) is 2.03. The summed E-state index contributed by atoms with van der Waals surface area (Å²) < 4.78 is 39.2. The summed E-state index contributed by atoms with van der Waals surface area (Å²) in [5.41, 5.74) is 0.432. The van der Waals surface area contributed by atoms with E-state index in [0.29, 0.717) is 11.5 Å². The second-order valence-electron chi connectivity index (χ2n) is 5.04. The van der Waals surface area contributed by atoms with Gasteiger partial charge in [0.05, 0.1) is 6.54 Å². The van der Waals surface area contributed by atoms with E-state index in [-0.39, 0.29) is 18.1 Å². The first kappa shape index (κ1) is 16.6. The average Bonchev–Trinajstić information content (AvgIpc) is 2.97. The molecule has 0 spiro atoms. The number of aryl methyl sites for hydroxylation is 1. The number of aromatic nitrogens is 5. The number of rotatable bonds is 4. The molecule has 3 rings (SSSR count). The molecule has 11 heteroatoms. The zero-order valence-corrected chi connectivity index (χ0v) is 12.9. The Morgan fingerprint density at radius 1 is 1.28 bits per heavy atom. The molecule has 3 aromatic rings. The minimum Gasteiger partial charge on any atom is -0.361 e. The van der Waals surface area contributed by atoms with Crippen LogP contribution in [-0.2, 0) is 11.0 Å². The Morgan fingerprint density at radius 2 is 2.08 bits per heavy atom. The number of fused-ring (bicyclic) bond motifs is 1. The molecule has 0 aromatic carbocycles. The highest BCUT2D eigenvalue weighted by Crippen LogP contribution is 2.27. The van der Waals surface area contributed by atoms with E-state index in [9.17, 15) is 18.0 Å². The van der Waals surface area contributed by atoms with E-state index in [1.807, 2.05) is 0 Å². The Hall–Kier alpha value is -3.24. The van der Waals surface area contributed by atoms with E-state index in [4.69, 9.17) is 0 Å². The first-order valence-electron chi connectivity index (χ1n) is 7.09. The molecular formula is C14H12F3N7O. The van der Waals surface area contributed by atoms with Crippen LogP contribution in [0.2, 0.25) is 0 Å². The van der Waals surface area contributed by atoms with Crippen LogP contribution in [0.5, 0.6) is 0 Å². The van der Waals surface area contributed by atoms with Gasteiger partial charge < -0.3 is 10.6 Å². The Balaban J connectivity index is 1.78. The predicted octanol–water partition coefficient (Wildman–Crippen LogP) is 1.90. The van der Waals surface area contributed by atoms with Crippen molar-refractivity contribution in [2.75, 3.05) is 17.2 Å². The van der Waals surface area contributed by atoms with Gasteiger partial charge >= 0.3 is 6.18 Å². The maximum Gasteiger partial charge on any atom is 0.453 e. The molecule has 3 heterocycles. The van der Waals surface area contributed by atoms with Gasteiger partial charge in [0.1, 0.15) is 11.6 Å². The summed E-state index contributed by atoms with van der Waals surface area (Å²) in [6, 6.07) is 6.49. The molecule has 0 saturated carbocycles. The molecule has 130 valence electrons. The Bertz CT molecular complexity index is 908. The fourth-order valence-electron chi connectivity index (χ4n) is 2.03. The van der Waals surface area contributed by atoms with Crippen molar-refractivity contribution in [3.63, 3.8) is 0 Å². The number of carbonyl (C=O) groups excluding carboxylic acids is 1. The lowest BCUT2D eigenvalue weighted by molar-refractivity contribution is -0.144. The molecule has 0 aliphatic heterocycles. The van der Waals surface area contributed by atoms with Gasteiger partial charge in [-0.3, -0.25) is 4.79 Å².